The second kappa shape index (κ2) is 8.12. The van der Waals surface area contributed by atoms with E-state index >= 15 is 0 Å². The fourth-order valence-corrected chi connectivity index (χ4v) is 4.61. The predicted octanol–water partition coefficient (Wildman–Crippen LogP) is 6.53. The maximum Gasteiger partial charge on any atom is 0.554 e. The highest BCUT2D eigenvalue weighted by Crippen LogP contribution is 2.56. The molecular weight excluding hydrogens is 377 g/mol. The molecule has 0 radical (unpaired) electrons. The van der Waals surface area contributed by atoms with E-state index in [4.69, 9.17) is 9.05 Å². The van der Waals surface area contributed by atoms with Crippen molar-refractivity contribution in [2.45, 2.75) is 20.8 Å². The molecule has 0 heterocycles. The first-order chi connectivity index (χ1) is 12.9. The molecule has 0 amide bonds. The second-order valence-electron chi connectivity index (χ2n) is 6.26. The highest BCUT2D eigenvalue weighted by Gasteiger charge is 2.38. The highest BCUT2D eigenvalue weighted by molar-refractivity contribution is 7.91. The Balaban J connectivity index is 2.05. The molecule has 140 valence electrons. The van der Waals surface area contributed by atoms with E-state index in [0.717, 1.165) is 16.7 Å². The van der Waals surface area contributed by atoms with Gasteiger partial charge in [0.1, 0.15) is 11.5 Å². The molecule has 0 atom stereocenters. The van der Waals surface area contributed by atoms with Gasteiger partial charge in [0.15, 0.2) is 0 Å². The number of anilines is 1. The van der Waals surface area contributed by atoms with Crippen molar-refractivity contribution in [1.82, 2.24) is 0 Å². The van der Waals surface area contributed by atoms with Gasteiger partial charge in [-0.1, -0.05) is 67.4 Å². The van der Waals surface area contributed by atoms with Crippen LogP contribution in [0.4, 0.5) is 5.69 Å². The molecule has 0 aromatic heterocycles. The Morgan fingerprint density at radius 1 is 0.704 bits per heavy atom. The van der Waals surface area contributed by atoms with Gasteiger partial charge in [-0.15, -0.1) is 0 Å². The molecular formula is C21H22NO3PS. The molecule has 0 saturated carbocycles. The van der Waals surface area contributed by atoms with E-state index in [2.05, 4.69) is 12.8 Å². The summed E-state index contributed by atoms with van der Waals surface area (Å²) in [5.74, 6) is 0.976. The van der Waals surface area contributed by atoms with Crippen molar-refractivity contribution < 1.29 is 13.6 Å². The maximum absolute atomic E-state index is 13.9. The van der Waals surface area contributed by atoms with Crippen molar-refractivity contribution in [2.75, 3.05) is 4.08 Å². The molecule has 3 aromatic carbocycles. The fourth-order valence-electron chi connectivity index (χ4n) is 2.58. The zero-order valence-corrected chi connectivity index (χ0v) is 17.3. The van der Waals surface area contributed by atoms with E-state index in [-0.39, 0.29) is 0 Å². The van der Waals surface area contributed by atoms with Crippen molar-refractivity contribution in [1.29, 1.82) is 0 Å². The van der Waals surface area contributed by atoms with E-state index < -0.39 is 7.75 Å². The van der Waals surface area contributed by atoms with Crippen molar-refractivity contribution >= 4 is 26.2 Å². The van der Waals surface area contributed by atoms with Crippen molar-refractivity contribution in [3.05, 3.63) is 89.5 Å². The van der Waals surface area contributed by atoms with Gasteiger partial charge in [-0.2, -0.15) is 0 Å². The average molecular weight is 399 g/mol. The van der Waals surface area contributed by atoms with Gasteiger partial charge in [-0.05, 0) is 55.7 Å². The van der Waals surface area contributed by atoms with E-state index in [1.165, 1.54) is 4.08 Å². The minimum atomic E-state index is -3.86. The van der Waals surface area contributed by atoms with Gasteiger partial charge >= 0.3 is 7.75 Å². The van der Waals surface area contributed by atoms with Gasteiger partial charge in [0.2, 0.25) is 0 Å². The van der Waals surface area contributed by atoms with Gasteiger partial charge in [0, 0.05) is 0 Å². The van der Waals surface area contributed by atoms with Crippen LogP contribution in [0.3, 0.4) is 0 Å². The lowest BCUT2D eigenvalue weighted by Gasteiger charge is -2.29. The van der Waals surface area contributed by atoms with Crippen LogP contribution in [0, 0.1) is 20.8 Å². The molecule has 0 N–H and O–H groups in total. The minimum absolute atomic E-state index is 0.488. The monoisotopic (exact) mass is 399 g/mol. The van der Waals surface area contributed by atoms with Crippen LogP contribution in [-0.4, -0.2) is 0 Å². The molecule has 27 heavy (non-hydrogen) atoms. The number of benzene rings is 3. The van der Waals surface area contributed by atoms with E-state index in [1.807, 2.05) is 81.4 Å². The maximum atomic E-state index is 13.9. The lowest BCUT2D eigenvalue weighted by atomic mass is 10.2. The van der Waals surface area contributed by atoms with Crippen LogP contribution in [0.15, 0.2) is 72.8 Å². The van der Waals surface area contributed by atoms with E-state index in [9.17, 15) is 4.57 Å². The summed E-state index contributed by atoms with van der Waals surface area (Å²) < 4.78 is 27.1. The molecule has 0 unspecified atom stereocenters. The molecule has 3 rings (SSSR count). The summed E-state index contributed by atoms with van der Waals surface area (Å²) in [4.78, 5) is 0. The summed E-state index contributed by atoms with van der Waals surface area (Å²) in [6.45, 7) is 5.71. The fraction of sp³-hybridized carbons (Fsp3) is 0.143. The number of thiol groups is 1. The second-order valence-corrected chi connectivity index (χ2v) is 8.68. The summed E-state index contributed by atoms with van der Waals surface area (Å²) in [6, 6.07) is 22.3. The third-order valence-electron chi connectivity index (χ3n) is 4.18. The standard InChI is InChI=1S/C21H22NO3PS/c1-16-10-4-7-13-19(16)22(27)26(23,24-20-14-8-5-11-17(20)2)25-21-15-9-6-12-18(21)3/h4-15,27H,1-3H3. The highest BCUT2D eigenvalue weighted by atomic mass is 32.1. The quantitative estimate of drug-likeness (QED) is 0.378. The van der Waals surface area contributed by atoms with Crippen LogP contribution in [0.2, 0.25) is 0 Å². The third kappa shape index (κ3) is 4.32. The Kier molecular flexibility index (Phi) is 5.83. The summed E-state index contributed by atoms with van der Waals surface area (Å²) in [5, 5.41) is 0. The smallest absolute Gasteiger partial charge is 0.399 e. The molecule has 4 nitrogen and oxygen atoms in total. The third-order valence-corrected chi connectivity index (χ3v) is 6.58. The molecule has 6 heteroatoms. The van der Waals surface area contributed by atoms with Crippen molar-refractivity contribution in [3.63, 3.8) is 0 Å². The van der Waals surface area contributed by atoms with Gasteiger partial charge < -0.3 is 9.05 Å². The zero-order chi connectivity index (χ0) is 19.4. The van der Waals surface area contributed by atoms with Gasteiger partial charge in [-0.3, -0.25) is 0 Å². The number of nitrogens with zero attached hydrogens (tertiary/aromatic N) is 1. The van der Waals surface area contributed by atoms with Crippen LogP contribution >= 0.6 is 20.6 Å². The van der Waals surface area contributed by atoms with Crippen LogP contribution in [-0.2, 0) is 4.57 Å². The normalized spacial score (nSPS) is 11.1. The van der Waals surface area contributed by atoms with Crippen LogP contribution in [0.1, 0.15) is 16.7 Å². The molecule has 0 aliphatic carbocycles. The predicted molar refractivity (Wildman–Crippen MR) is 114 cm³/mol. The largest absolute Gasteiger partial charge is 0.554 e. The van der Waals surface area contributed by atoms with E-state index in [0.29, 0.717) is 17.2 Å². The average Bonchev–Trinajstić information content (AvgIpc) is 2.65. The Labute approximate surface area is 165 Å². The Bertz CT molecular complexity index is 941. The zero-order valence-electron chi connectivity index (χ0n) is 15.5. The first-order valence-electron chi connectivity index (χ1n) is 8.56. The molecule has 0 aliphatic rings. The first kappa shape index (κ1) is 19.4. The minimum Gasteiger partial charge on any atom is -0.399 e. The Morgan fingerprint density at radius 3 is 1.56 bits per heavy atom. The molecule has 0 saturated heterocycles. The number of rotatable bonds is 6. The summed E-state index contributed by atoms with van der Waals surface area (Å²) in [7, 11) is -3.86. The lowest BCUT2D eigenvalue weighted by Crippen LogP contribution is -2.18. The number of aryl methyl sites for hydroxylation is 3. The van der Waals surface area contributed by atoms with Gasteiger partial charge in [-0.25, -0.2) is 8.64 Å². The number of hydrogen-bond donors (Lipinski definition) is 1. The first-order valence-corrected chi connectivity index (χ1v) is 10.5. The van der Waals surface area contributed by atoms with Crippen molar-refractivity contribution in [3.8, 4) is 11.5 Å². The molecule has 0 fully saturated rings. The van der Waals surface area contributed by atoms with Crippen LogP contribution < -0.4 is 13.1 Å². The molecule has 3 aromatic rings. The molecule has 0 aliphatic heterocycles. The van der Waals surface area contributed by atoms with Crippen molar-refractivity contribution in [2.24, 2.45) is 0 Å². The Morgan fingerprint density at radius 2 is 1.11 bits per heavy atom. The number of para-hydroxylation sites is 3. The van der Waals surface area contributed by atoms with Gasteiger partial charge in [0.05, 0.1) is 5.69 Å². The van der Waals surface area contributed by atoms with Crippen LogP contribution in [0.25, 0.3) is 0 Å². The van der Waals surface area contributed by atoms with Crippen LogP contribution in [0.5, 0.6) is 11.5 Å². The summed E-state index contributed by atoms with van der Waals surface area (Å²) >= 11 is 4.52. The van der Waals surface area contributed by atoms with Gasteiger partial charge in [0.25, 0.3) is 0 Å². The summed E-state index contributed by atoms with van der Waals surface area (Å²) in [5.41, 5.74) is 3.29. The number of hydrogen-bond acceptors (Lipinski definition) is 4. The summed E-state index contributed by atoms with van der Waals surface area (Å²) in [6.07, 6.45) is 0. The molecule has 0 spiro atoms. The Hall–Kier alpha value is -2.36. The SMILES string of the molecule is Cc1ccccc1OP(=O)(Oc1ccccc1C)N(S)c1ccccc1C. The molecule has 0 bridgehead atoms. The topological polar surface area (TPSA) is 38.8 Å². The lowest BCUT2D eigenvalue weighted by molar-refractivity contribution is 0.386. The van der Waals surface area contributed by atoms with E-state index in [1.54, 1.807) is 12.1 Å².